The average Bonchev–Trinajstić information content (AvgIpc) is 3.17. The zero-order valence-electron chi connectivity index (χ0n) is 12.7. The zero-order valence-corrected chi connectivity index (χ0v) is 13.5. The van der Waals surface area contributed by atoms with E-state index in [1.165, 1.54) is 5.56 Å². The molecule has 1 fully saturated rings. The van der Waals surface area contributed by atoms with Gasteiger partial charge in [-0.2, -0.15) is 21.4 Å². The number of thiophene rings is 1. The highest BCUT2D eigenvalue weighted by Crippen LogP contribution is 2.23. The van der Waals surface area contributed by atoms with E-state index in [9.17, 15) is 4.79 Å². The predicted molar refractivity (Wildman–Crippen MR) is 87.1 cm³/mol. The van der Waals surface area contributed by atoms with E-state index >= 15 is 0 Å². The molecule has 0 atom stereocenters. The van der Waals surface area contributed by atoms with Gasteiger partial charge in [0.2, 0.25) is 11.9 Å². The fraction of sp³-hybridized carbons (Fsp3) is 0.533. The summed E-state index contributed by atoms with van der Waals surface area (Å²) in [6.45, 7) is 2.01. The molecule has 0 spiro atoms. The van der Waals surface area contributed by atoms with Gasteiger partial charge in [0.15, 0.2) is 5.82 Å². The maximum atomic E-state index is 12.0. The zero-order chi connectivity index (χ0) is 15.4. The molecular weight excluding hydrogens is 298 g/mol. The molecule has 0 unspecified atom stereocenters. The van der Waals surface area contributed by atoms with Crippen molar-refractivity contribution in [1.82, 2.24) is 20.1 Å². The van der Waals surface area contributed by atoms with Crippen molar-refractivity contribution in [2.75, 3.05) is 18.4 Å². The molecule has 3 heterocycles. The lowest BCUT2D eigenvalue weighted by atomic mass is 9.98. The molecule has 2 aromatic rings. The Labute approximate surface area is 133 Å². The number of piperidine rings is 1. The Hall–Kier alpha value is -1.73. The third kappa shape index (κ3) is 3.72. The first kappa shape index (κ1) is 15.2. The maximum Gasteiger partial charge on any atom is 0.227 e. The number of aromatic nitrogens is 3. The van der Waals surface area contributed by atoms with Gasteiger partial charge in [-0.25, -0.2) is 4.68 Å². The number of anilines is 1. The van der Waals surface area contributed by atoms with Crippen molar-refractivity contribution in [2.45, 2.75) is 31.6 Å². The van der Waals surface area contributed by atoms with Crippen molar-refractivity contribution in [3.63, 3.8) is 0 Å². The number of hydrogen-bond donors (Lipinski definition) is 2. The molecular formula is C15H21N5OS. The fourth-order valence-electron chi connectivity index (χ4n) is 2.65. The van der Waals surface area contributed by atoms with Crippen LogP contribution in [-0.4, -0.2) is 33.8 Å². The van der Waals surface area contributed by atoms with Crippen LogP contribution in [0, 0.1) is 0 Å². The molecule has 1 amide bonds. The largest absolute Gasteiger partial charge is 0.317 e. The quantitative estimate of drug-likeness (QED) is 0.883. The number of hydrogen-bond acceptors (Lipinski definition) is 5. The molecule has 118 valence electrons. The molecule has 0 radical (unpaired) electrons. The SMILES string of the molecule is Cn1nc(C2CCNCC2)nc1NC(=O)CCc1ccsc1. The Morgan fingerprint density at radius 3 is 3.05 bits per heavy atom. The highest BCUT2D eigenvalue weighted by atomic mass is 32.1. The van der Waals surface area contributed by atoms with Gasteiger partial charge in [-0.15, -0.1) is 0 Å². The molecule has 0 aromatic carbocycles. The molecule has 2 aromatic heterocycles. The molecule has 7 heteroatoms. The number of carbonyl (C=O) groups excluding carboxylic acids is 1. The van der Waals surface area contributed by atoms with Gasteiger partial charge >= 0.3 is 0 Å². The van der Waals surface area contributed by atoms with Crippen LogP contribution in [0.25, 0.3) is 0 Å². The van der Waals surface area contributed by atoms with Crippen LogP contribution in [0.2, 0.25) is 0 Å². The molecule has 1 saturated heterocycles. The van der Waals surface area contributed by atoms with Gasteiger partial charge in [0, 0.05) is 19.4 Å². The second-order valence-corrected chi connectivity index (χ2v) is 6.40. The Bertz CT molecular complexity index is 616. The molecule has 0 bridgehead atoms. The van der Waals surface area contributed by atoms with E-state index in [0.29, 0.717) is 18.3 Å². The highest BCUT2D eigenvalue weighted by Gasteiger charge is 2.21. The second-order valence-electron chi connectivity index (χ2n) is 5.62. The minimum Gasteiger partial charge on any atom is -0.317 e. The first-order chi connectivity index (χ1) is 10.7. The third-order valence-electron chi connectivity index (χ3n) is 3.96. The smallest absolute Gasteiger partial charge is 0.227 e. The van der Waals surface area contributed by atoms with E-state index in [2.05, 4.69) is 32.2 Å². The van der Waals surface area contributed by atoms with Crippen LogP contribution in [0.15, 0.2) is 16.8 Å². The summed E-state index contributed by atoms with van der Waals surface area (Å²) in [6.07, 6.45) is 3.33. The van der Waals surface area contributed by atoms with E-state index in [4.69, 9.17) is 0 Å². The van der Waals surface area contributed by atoms with Crippen LogP contribution in [0.5, 0.6) is 0 Å². The number of rotatable bonds is 5. The van der Waals surface area contributed by atoms with Crippen molar-refractivity contribution < 1.29 is 4.79 Å². The molecule has 0 saturated carbocycles. The minimum absolute atomic E-state index is 0.0152. The van der Waals surface area contributed by atoms with E-state index < -0.39 is 0 Å². The molecule has 1 aliphatic rings. The first-order valence-electron chi connectivity index (χ1n) is 7.65. The summed E-state index contributed by atoms with van der Waals surface area (Å²) in [7, 11) is 1.83. The lowest BCUT2D eigenvalue weighted by Crippen LogP contribution is -2.27. The Kier molecular flexibility index (Phi) is 4.84. The van der Waals surface area contributed by atoms with Gasteiger partial charge in [-0.05, 0) is 54.7 Å². The van der Waals surface area contributed by atoms with Gasteiger partial charge in [0.05, 0.1) is 0 Å². The monoisotopic (exact) mass is 319 g/mol. The molecule has 3 rings (SSSR count). The third-order valence-corrected chi connectivity index (χ3v) is 4.69. The van der Waals surface area contributed by atoms with E-state index in [1.54, 1.807) is 16.0 Å². The number of carbonyl (C=O) groups is 1. The molecule has 0 aliphatic carbocycles. The number of nitrogens with one attached hydrogen (secondary N) is 2. The number of amides is 1. The molecule has 6 nitrogen and oxygen atoms in total. The first-order valence-corrected chi connectivity index (χ1v) is 8.59. The van der Waals surface area contributed by atoms with Crippen LogP contribution >= 0.6 is 11.3 Å². The summed E-state index contributed by atoms with van der Waals surface area (Å²) in [5.74, 6) is 1.77. The summed E-state index contributed by atoms with van der Waals surface area (Å²) >= 11 is 1.65. The van der Waals surface area contributed by atoms with Gasteiger partial charge in [0.25, 0.3) is 0 Å². The van der Waals surface area contributed by atoms with Crippen molar-refractivity contribution in [1.29, 1.82) is 0 Å². The Morgan fingerprint density at radius 1 is 1.50 bits per heavy atom. The summed E-state index contributed by atoms with van der Waals surface area (Å²) in [6, 6.07) is 2.05. The van der Waals surface area contributed by atoms with Crippen LogP contribution in [-0.2, 0) is 18.3 Å². The summed E-state index contributed by atoms with van der Waals surface area (Å²) in [4.78, 5) is 16.6. The molecule has 1 aliphatic heterocycles. The minimum atomic E-state index is -0.0152. The second kappa shape index (κ2) is 7.02. The van der Waals surface area contributed by atoms with Gasteiger partial charge in [-0.3, -0.25) is 10.1 Å². The average molecular weight is 319 g/mol. The molecule has 22 heavy (non-hydrogen) atoms. The predicted octanol–water partition coefficient (Wildman–Crippen LogP) is 1.91. The standard InChI is InChI=1S/C15H21N5OS/c1-20-15(17-13(21)3-2-11-6-9-22-10-11)18-14(19-20)12-4-7-16-8-5-12/h6,9-10,12,16H,2-5,7-8H2,1H3,(H,17,18,19,21). The van der Waals surface area contributed by atoms with E-state index in [0.717, 1.165) is 38.2 Å². The lowest BCUT2D eigenvalue weighted by molar-refractivity contribution is -0.116. The lowest BCUT2D eigenvalue weighted by Gasteiger charge is -2.19. The maximum absolute atomic E-state index is 12.0. The van der Waals surface area contributed by atoms with Crippen LogP contribution in [0.4, 0.5) is 5.95 Å². The van der Waals surface area contributed by atoms with Crippen molar-refractivity contribution >= 4 is 23.2 Å². The number of nitrogens with zero attached hydrogens (tertiary/aromatic N) is 3. The van der Waals surface area contributed by atoms with Crippen LogP contribution < -0.4 is 10.6 Å². The molecule has 2 N–H and O–H groups in total. The van der Waals surface area contributed by atoms with Crippen LogP contribution in [0.3, 0.4) is 0 Å². The van der Waals surface area contributed by atoms with Crippen LogP contribution in [0.1, 0.15) is 36.6 Å². The Morgan fingerprint density at radius 2 is 2.32 bits per heavy atom. The summed E-state index contributed by atoms with van der Waals surface area (Å²) < 4.78 is 1.67. The topological polar surface area (TPSA) is 71.8 Å². The number of aryl methyl sites for hydroxylation is 2. The van der Waals surface area contributed by atoms with E-state index in [-0.39, 0.29) is 5.91 Å². The van der Waals surface area contributed by atoms with Crippen molar-refractivity contribution in [2.24, 2.45) is 7.05 Å². The highest BCUT2D eigenvalue weighted by molar-refractivity contribution is 7.07. The summed E-state index contributed by atoms with van der Waals surface area (Å²) in [5, 5.41) is 14.8. The summed E-state index contributed by atoms with van der Waals surface area (Å²) in [5.41, 5.74) is 1.20. The van der Waals surface area contributed by atoms with Crippen molar-refractivity contribution in [3.8, 4) is 0 Å². The van der Waals surface area contributed by atoms with Gasteiger partial charge in [-0.1, -0.05) is 0 Å². The van der Waals surface area contributed by atoms with Gasteiger partial charge < -0.3 is 5.32 Å². The van der Waals surface area contributed by atoms with E-state index in [1.807, 2.05) is 12.4 Å². The van der Waals surface area contributed by atoms with Crippen molar-refractivity contribution in [3.05, 3.63) is 28.2 Å². The Balaban J connectivity index is 1.57. The normalized spacial score (nSPS) is 15.9. The fourth-order valence-corrected chi connectivity index (χ4v) is 3.35. The van der Waals surface area contributed by atoms with Gasteiger partial charge in [0.1, 0.15) is 0 Å².